The molecule has 0 aliphatic carbocycles. The Morgan fingerprint density at radius 3 is 2.07 bits per heavy atom. The average Bonchev–Trinajstić information content (AvgIpc) is 3.01. The Labute approximate surface area is 182 Å². The third-order valence-corrected chi connectivity index (χ3v) is 6.40. The maximum Gasteiger partial charge on any atom is 0.538 e. The Morgan fingerprint density at radius 2 is 1.47 bits per heavy atom. The van der Waals surface area contributed by atoms with Gasteiger partial charge in [-0.15, -0.1) is 0 Å². The predicted molar refractivity (Wildman–Crippen MR) is 129 cm³/mol. The number of anilines is 3. The zero-order valence-electron chi connectivity index (χ0n) is 19.3. The summed E-state index contributed by atoms with van der Waals surface area (Å²) in [6.07, 6.45) is 2.14. The van der Waals surface area contributed by atoms with Crippen molar-refractivity contribution >= 4 is 29.6 Å². The van der Waals surface area contributed by atoms with E-state index < -0.39 is 0 Å². The molecule has 2 heterocycles. The molecular formula is C26H33BN3+. The molecule has 0 spiro atoms. The Balaban J connectivity index is 2.05. The Kier molecular flexibility index (Phi) is 5.35. The van der Waals surface area contributed by atoms with Gasteiger partial charge in [0.05, 0.1) is 18.9 Å². The summed E-state index contributed by atoms with van der Waals surface area (Å²) in [7, 11) is 4.38. The standard InChI is InChI=1S/C26H33BN3/c1-18(2)21-13-11-14-22(19(3)4)25(21)27-29(7)23-15-10-12-20(5)26(23)30(27)24-16-8-9-17-28(24)6/h8-19H,1-7H3/q+1. The largest absolute Gasteiger partial charge is 0.538 e. The number of para-hydroxylation sites is 1. The topological polar surface area (TPSA) is 10.4 Å². The van der Waals surface area contributed by atoms with E-state index in [-0.39, 0.29) is 6.98 Å². The van der Waals surface area contributed by atoms with Gasteiger partial charge in [0.1, 0.15) is 5.69 Å². The molecule has 30 heavy (non-hydrogen) atoms. The molecule has 3 nitrogen and oxygen atoms in total. The van der Waals surface area contributed by atoms with Gasteiger partial charge in [0.25, 0.3) is 5.82 Å². The number of aromatic nitrogens is 1. The highest BCUT2D eigenvalue weighted by atomic mass is 15.3. The molecule has 0 saturated carbocycles. The third-order valence-electron chi connectivity index (χ3n) is 6.40. The molecule has 4 heteroatoms. The van der Waals surface area contributed by atoms with Crippen molar-refractivity contribution in [2.45, 2.75) is 46.5 Å². The van der Waals surface area contributed by atoms with Crippen LogP contribution in [0.15, 0.2) is 60.8 Å². The normalized spacial score (nSPS) is 13.6. The summed E-state index contributed by atoms with van der Waals surface area (Å²) in [5, 5.41) is 0. The predicted octanol–water partition coefficient (Wildman–Crippen LogP) is 5.05. The van der Waals surface area contributed by atoms with Crippen LogP contribution in [0.5, 0.6) is 0 Å². The number of benzene rings is 2. The minimum atomic E-state index is 0.116. The number of aryl methyl sites for hydroxylation is 2. The Bertz CT molecular complexity index is 1050. The SMILES string of the molecule is Cc1cccc2c1N(c1cccc[n+]1C)B(c1c(C(C)C)cccc1C(C)C)N2C. The van der Waals surface area contributed by atoms with E-state index in [1.807, 2.05) is 0 Å². The molecular weight excluding hydrogens is 365 g/mol. The van der Waals surface area contributed by atoms with Gasteiger partial charge in [-0.3, -0.25) is 4.81 Å². The maximum atomic E-state index is 2.54. The van der Waals surface area contributed by atoms with Crippen molar-refractivity contribution in [2.24, 2.45) is 7.05 Å². The van der Waals surface area contributed by atoms with Crippen molar-refractivity contribution in [3.8, 4) is 0 Å². The Morgan fingerprint density at radius 1 is 0.833 bits per heavy atom. The lowest BCUT2D eigenvalue weighted by Crippen LogP contribution is -2.58. The second kappa shape index (κ2) is 7.83. The second-order valence-electron chi connectivity index (χ2n) is 9.13. The van der Waals surface area contributed by atoms with E-state index in [1.165, 1.54) is 39.3 Å². The Hall–Kier alpha value is -2.75. The monoisotopic (exact) mass is 398 g/mol. The molecule has 1 aliphatic rings. The van der Waals surface area contributed by atoms with Crippen molar-refractivity contribution in [3.05, 3.63) is 77.5 Å². The summed E-state index contributed by atoms with van der Waals surface area (Å²) in [6, 6.07) is 20.0. The van der Waals surface area contributed by atoms with Crippen LogP contribution in [0.25, 0.3) is 0 Å². The van der Waals surface area contributed by atoms with Crippen LogP contribution in [0.2, 0.25) is 0 Å². The summed E-state index contributed by atoms with van der Waals surface area (Å²) in [5.74, 6) is 2.13. The van der Waals surface area contributed by atoms with Crippen LogP contribution >= 0.6 is 0 Å². The molecule has 0 fully saturated rings. The van der Waals surface area contributed by atoms with Crippen LogP contribution in [-0.4, -0.2) is 14.0 Å². The molecule has 3 aromatic rings. The number of hydrogen-bond acceptors (Lipinski definition) is 2. The van der Waals surface area contributed by atoms with Crippen LogP contribution in [0.4, 0.5) is 17.2 Å². The number of pyridine rings is 1. The minimum absolute atomic E-state index is 0.116. The van der Waals surface area contributed by atoms with Crippen molar-refractivity contribution in [1.29, 1.82) is 0 Å². The molecule has 0 N–H and O–H groups in total. The van der Waals surface area contributed by atoms with Crippen LogP contribution in [0.1, 0.15) is 56.2 Å². The van der Waals surface area contributed by atoms with Gasteiger partial charge in [0.2, 0.25) is 0 Å². The summed E-state index contributed by atoms with van der Waals surface area (Å²) in [4.78, 5) is 5.00. The quantitative estimate of drug-likeness (QED) is 0.450. The molecule has 1 aliphatic heterocycles. The first-order valence-electron chi connectivity index (χ1n) is 11.0. The average molecular weight is 398 g/mol. The van der Waals surface area contributed by atoms with Gasteiger partial charge < -0.3 is 4.81 Å². The van der Waals surface area contributed by atoms with E-state index in [9.17, 15) is 0 Å². The van der Waals surface area contributed by atoms with Gasteiger partial charge in [-0.05, 0) is 54.6 Å². The molecule has 0 saturated heterocycles. The zero-order valence-corrected chi connectivity index (χ0v) is 19.3. The zero-order chi connectivity index (χ0) is 21.6. The molecule has 4 rings (SSSR count). The summed E-state index contributed by atoms with van der Waals surface area (Å²) in [6.45, 7) is 11.6. The second-order valence-corrected chi connectivity index (χ2v) is 9.13. The third kappa shape index (κ3) is 3.19. The van der Waals surface area contributed by atoms with Gasteiger partial charge in [-0.25, -0.2) is 4.57 Å². The van der Waals surface area contributed by atoms with Crippen LogP contribution < -0.4 is 19.7 Å². The molecule has 1 aromatic heterocycles. The maximum absolute atomic E-state index is 2.54. The van der Waals surface area contributed by atoms with Crippen LogP contribution in [0.3, 0.4) is 0 Å². The van der Waals surface area contributed by atoms with Gasteiger partial charge in [0.15, 0.2) is 0 Å². The molecule has 154 valence electrons. The number of hydrogen-bond donors (Lipinski definition) is 0. The molecule has 0 amide bonds. The number of nitrogens with zero attached hydrogens (tertiary/aromatic N) is 3. The minimum Gasteiger partial charge on any atom is -0.369 e. The number of rotatable bonds is 4. The van der Waals surface area contributed by atoms with Crippen molar-refractivity contribution in [1.82, 2.24) is 0 Å². The van der Waals surface area contributed by atoms with Gasteiger partial charge in [0, 0.05) is 11.5 Å². The smallest absolute Gasteiger partial charge is 0.369 e. The summed E-state index contributed by atoms with van der Waals surface area (Å²) < 4.78 is 2.23. The fourth-order valence-corrected chi connectivity index (χ4v) is 4.90. The van der Waals surface area contributed by atoms with Crippen molar-refractivity contribution in [3.63, 3.8) is 0 Å². The van der Waals surface area contributed by atoms with Crippen molar-refractivity contribution < 1.29 is 4.57 Å². The first-order valence-corrected chi connectivity index (χ1v) is 11.0. The number of fused-ring (bicyclic) bond motifs is 1. The first kappa shape index (κ1) is 20.5. The molecule has 0 atom stereocenters. The highest BCUT2D eigenvalue weighted by Crippen LogP contribution is 2.43. The van der Waals surface area contributed by atoms with E-state index in [1.54, 1.807) is 0 Å². The van der Waals surface area contributed by atoms with Gasteiger partial charge in [-0.2, -0.15) is 0 Å². The van der Waals surface area contributed by atoms with Gasteiger partial charge >= 0.3 is 6.98 Å². The molecule has 0 unspecified atom stereocenters. The van der Waals surface area contributed by atoms with E-state index >= 15 is 0 Å². The van der Waals surface area contributed by atoms with E-state index in [4.69, 9.17) is 0 Å². The van der Waals surface area contributed by atoms with E-state index in [0.29, 0.717) is 11.8 Å². The summed E-state index contributed by atoms with van der Waals surface area (Å²) in [5.41, 5.74) is 8.22. The summed E-state index contributed by atoms with van der Waals surface area (Å²) >= 11 is 0. The fraction of sp³-hybridized carbons (Fsp3) is 0.346. The lowest BCUT2D eigenvalue weighted by Gasteiger charge is -2.27. The highest BCUT2D eigenvalue weighted by Gasteiger charge is 2.51. The molecule has 0 bridgehead atoms. The van der Waals surface area contributed by atoms with Crippen LogP contribution in [0, 0.1) is 6.92 Å². The lowest BCUT2D eigenvalue weighted by atomic mass is 9.59. The lowest BCUT2D eigenvalue weighted by molar-refractivity contribution is -0.658. The van der Waals surface area contributed by atoms with Crippen LogP contribution in [-0.2, 0) is 7.05 Å². The van der Waals surface area contributed by atoms with E-state index in [0.717, 1.165) is 0 Å². The fourth-order valence-electron chi connectivity index (χ4n) is 4.90. The van der Waals surface area contributed by atoms with Gasteiger partial charge in [-0.1, -0.05) is 64.1 Å². The highest BCUT2D eigenvalue weighted by molar-refractivity contribution is 6.83. The van der Waals surface area contributed by atoms with Crippen molar-refractivity contribution in [2.75, 3.05) is 16.7 Å². The molecule has 2 aromatic carbocycles. The first-order chi connectivity index (χ1) is 14.3. The van der Waals surface area contributed by atoms with E-state index in [2.05, 4.69) is 124 Å². The molecule has 0 radical (unpaired) electrons.